The summed E-state index contributed by atoms with van der Waals surface area (Å²) in [7, 11) is 1.91. The molecule has 0 spiro atoms. The number of nitrogens with zero attached hydrogens (tertiary/aromatic N) is 4. The fourth-order valence-corrected chi connectivity index (χ4v) is 3.11. The minimum absolute atomic E-state index is 0.281. The number of aromatic nitrogens is 4. The van der Waals surface area contributed by atoms with Gasteiger partial charge >= 0.3 is 0 Å². The highest BCUT2D eigenvalue weighted by Gasteiger charge is 2.20. The average Bonchev–Trinajstić information content (AvgIpc) is 2.98. The van der Waals surface area contributed by atoms with Gasteiger partial charge in [-0.15, -0.1) is 0 Å². The highest BCUT2D eigenvalue weighted by Crippen LogP contribution is 2.27. The Hall–Kier alpha value is -1.14. The van der Waals surface area contributed by atoms with Crippen molar-refractivity contribution in [2.24, 2.45) is 7.05 Å². The molecule has 6 heteroatoms. The summed E-state index contributed by atoms with van der Waals surface area (Å²) in [4.78, 5) is 4.14. The number of hydrogen-bond acceptors (Lipinski definition) is 3. The lowest BCUT2D eigenvalue weighted by atomic mass is 10.1. The van der Waals surface area contributed by atoms with Crippen LogP contribution in [0.25, 0.3) is 0 Å². The van der Waals surface area contributed by atoms with Gasteiger partial charge in [-0.3, -0.25) is 4.68 Å². The minimum atomic E-state index is -0.587. The van der Waals surface area contributed by atoms with Crippen LogP contribution in [0, 0.1) is 0 Å². The fraction of sp³-hybridized carbons (Fsp3) is 0.571. The van der Waals surface area contributed by atoms with Gasteiger partial charge in [0, 0.05) is 19.5 Å². The number of hydrogen-bond donors (Lipinski definition) is 1. The summed E-state index contributed by atoms with van der Waals surface area (Å²) in [5.74, 6) is 0. The zero-order valence-electron chi connectivity index (χ0n) is 12.3. The Morgan fingerprint density at radius 2 is 2.10 bits per heavy atom. The number of halogens is 1. The Morgan fingerprint density at radius 3 is 2.65 bits per heavy atom. The topological polar surface area (TPSA) is 55.9 Å². The van der Waals surface area contributed by atoms with Crippen molar-refractivity contribution in [2.75, 3.05) is 0 Å². The zero-order chi connectivity index (χ0) is 14.9. The minimum Gasteiger partial charge on any atom is -0.386 e. The molecule has 5 nitrogen and oxygen atoms in total. The molecule has 2 aromatic rings. The number of rotatable bonds is 5. The second-order valence-electron chi connectivity index (χ2n) is 5.22. The van der Waals surface area contributed by atoms with Gasteiger partial charge in [0.25, 0.3) is 0 Å². The van der Waals surface area contributed by atoms with Gasteiger partial charge < -0.3 is 9.67 Å². The molecule has 0 aliphatic heterocycles. The van der Waals surface area contributed by atoms with Crippen LogP contribution < -0.4 is 0 Å². The molecule has 0 aliphatic carbocycles. The molecular formula is C14H21BrN4O. The van der Waals surface area contributed by atoms with Crippen LogP contribution in [0.1, 0.15) is 50.0 Å². The smallest absolute Gasteiger partial charge is 0.101 e. The third-order valence-corrected chi connectivity index (χ3v) is 4.40. The summed E-state index contributed by atoms with van der Waals surface area (Å²) < 4.78 is 4.83. The lowest BCUT2D eigenvalue weighted by Crippen LogP contribution is -2.12. The van der Waals surface area contributed by atoms with Gasteiger partial charge in [-0.25, -0.2) is 4.98 Å². The lowest BCUT2D eigenvalue weighted by molar-refractivity contribution is 0.164. The molecule has 0 saturated heterocycles. The summed E-state index contributed by atoms with van der Waals surface area (Å²) in [5, 5.41) is 15.0. The molecule has 2 aromatic heterocycles. The SMILES string of the molecule is CCc1nn(C)c(CC(O)c2cncn2C(C)C)c1Br. The number of aryl methyl sites for hydroxylation is 2. The normalized spacial score (nSPS) is 13.2. The average molecular weight is 341 g/mol. The molecule has 0 fully saturated rings. The van der Waals surface area contributed by atoms with Crippen LogP contribution in [0.4, 0.5) is 0 Å². The standard InChI is InChI=1S/C14H21BrN4O/c1-5-10-14(15)11(18(4)17-10)6-13(20)12-7-16-8-19(12)9(2)3/h7-9,13,20H,5-6H2,1-4H3. The summed E-state index contributed by atoms with van der Waals surface area (Å²) in [5.41, 5.74) is 2.86. The first-order valence-electron chi connectivity index (χ1n) is 6.85. The second kappa shape index (κ2) is 6.10. The number of aliphatic hydroxyl groups is 1. The van der Waals surface area contributed by atoms with Crippen LogP contribution in [0.2, 0.25) is 0 Å². The van der Waals surface area contributed by atoms with Crippen molar-refractivity contribution >= 4 is 15.9 Å². The van der Waals surface area contributed by atoms with E-state index in [4.69, 9.17) is 0 Å². The predicted molar refractivity (Wildman–Crippen MR) is 81.6 cm³/mol. The molecule has 0 bridgehead atoms. The van der Waals surface area contributed by atoms with Gasteiger partial charge in [0.05, 0.1) is 34.1 Å². The molecule has 20 heavy (non-hydrogen) atoms. The van der Waals surface area contributed by atoms with Crippen LogP contribution in [0.15, 0.2) is 17.0 Å². The van der Waals surface area contributed by atoms with Gasteiger partial charge in [-0.05, 0) is 36.2 Å². The van der Waals surface area contributed by atoms with E-state index >= 15 is 0 Å². The monoisotopic (exact) mass is 340 g/mol. The highest BCUT2D eigenvalue weighted by molar-refractivity contribution is 9.10. The van der Waals surface area contributed by atoms with Gasteiger partial charge in [0.2, 0.25) is 0 Å². The van der Waals surface area contributed by atoms with Crippen molar-refractivity contribution < 1.29 is 5.11 Å². The predicted octanol–water partition coefficient (Wildman–Crippen LogP) is 2.80. The van der Waals surface area contributed by atoms with Gasteiger partial charge in [-0.1, -0.05) is 6.92 Å². The lowest BCUT2D eigenvalue weighted by Gasteiger charge is -2.16. The number of imidazole rings is 1. The van der Waals surface area contributed by atoms with Crippen molar-refractivity contribution in [3.05, 3.63) is 34.1 Å². The van der Waals surface area contributed by atoms with Crippen LogP contribution in [-0.4, -0.2) is 24.4 Å². The molecule has 1 unspecified atom stereocenters. The first-order chi connectivity index (χ1) is 9.45. The zero-order valence-corrected chi connectivity index (χ0v) is 13.9. The van der Waals surface area contributed by atoms with Crippen molar-refractivity contribution in [1.29, 1.82) is 0 Å². The maximum atomic E-state index is 10.5. The maximum Gasteiger partial charge on any atom is 0.101 e. The van der Waals surface area contributed by atoms with Gasteiger partial charge in [-0.2, -0.15) is 5.10 Å². The van der Waals surface area contributed by atoms with E-state index in [9.17, 15) is 5.11 Å². The van der Waals surface area contributed by atoms with E-state index in [1.54, 1.807) is 12.5 Å². The Labute approximate surface area is 127 Å². The third kappa shape index (κ3) is 2.81. The van der Waals surface area contributed by atoms with E-state index in [0.717, 1.165) is 28.0 Å². The Balaban J connectivity index is 2.26. The van der Waals surface area contributed by atoms with Gasteiger partial charge in [0.1, 0.15) is 6.10 Å². The molecule has 0 aromatic carbocycles. The Bertz CT molecular complexity index is 588. The van der Waals surface area contributed by atoms with E-state index < -0.39 is 6.10 Å². The van der Waals surface area contributed by atoms with E-state index in [0.29, 0.717) is 6.42 Å². The molecule has 0 amide bonds. The van der Waals surface area contributed by atoms with E-state index in [1.165, 1.54) is 0 Å². The molecule has 0 saturated carbocycles. The third-order valence-electron chi connectivity index (χ3n) is 3.48. The van der Waals surface area contributed by atoms with Crippen molar-refractivity contribution in [3.8, 4) is 0 Å². The summed E-state index contributed by atoms with van der Waals surface area (Å²) in [6.45, 7) is 6.22. The number of aliphatic hydroxyl groups excluding tert-OH is 1. The van der Waals surface area contributed by atoms with Crippen LogP contribution in [0.3, 0.4) is 0 Å². The largest absolute Gasteiger partial charge is 0.386 e. The molecule has 2 heterocycles. The van der Waals surface area contributed by atoms with E-state index in [-0.39, 0.29) is 6.04 Å². The molecular weight excluding hydrogens is 320 g/mol. The van der Waals surface area contributed by atoms with Crippen molar-refractivity contribution in [2.45, 2.75) is 45.8 Å². The highest BCUT2D eigenvalue weighted by atomic mass is 79.9. The molecule has 2 rings (SSSR count). The van der Waals surface area contributed by atoms with Gasteiger partial charge in [0.15, 0.2) is 0 Å². The van der Waals surface area contributed by atoms with Crippen LogP contribution >= 0.6 is 15.9 Å². The van der Waals surface area contributed by atoms with Crippen molar-refractivity contribution in [1.82, 2.24) is 19.3 Å². The Morgan fingerprint density at radius 1 is 1.40 bits per heavy atom. The maximum absolute atomic E-state index is 10.5. The summed E-state index contributed by atoms with van der Waals surface area (Å²) >= 11 is 3.58. The van der Waals surface area contributed by atoms with E-state index in [2.05, 4.69) is 46.8 Å². The van der Waals surface area contributed by atoms with Crippen LogP contribution in [0.5, 0.6) is 0 Å². The first kappa shape index (κ1) is 15.3. The summed E-state index contributed by atoms with van der Waals surface area (Å²) in [6, 6.07) is 0.281. The molecule has 110 valence electrons. The van der Waals surface area contributed by atoms with Crippen LogP contribution in [-0.2, 0) is 19.9 Å². The molecule has 0 radical (unpaired) electrons. The molecule has 1 N–H and O–H groups in total. The van der Waals surface area contributed by atoms with Crippen molar-refractivity contribution in [3.63, 3.8) is 0 Å². The Kier molecular flexibility index (Phi) is 4.65. The summed E-state index contributed by atoms with van der Waals surface area (Å²) in [6.07, 6.45) is 4.29. The molecule has 0 aliphatic rings. The quantitative estimate of drug-likeness (QED) is 0.910. The molecule has 1 atom stereocenters. The first-order valence-corrected chi connectivity index (χ1v) is 7.65. The second-order valence-corrected chi connectivity index (χ2v) is 6.02. The fourth-order valence-electron chi connectivity index (χ4n) is 2.33. The van der Waals surface area contributed by atoms with E-state index in [1.807, 2.05) is 16.3 Å².